The zero-order chi connectivity index (χ0) is 25.1. The highest BCUT2D eigenvalue weighted by Crippen LogP contribution is 2.39. The summed E-state index contributed by atoms with van der Waals surface area (Å²) >= 11 is 0. The molecule has 0 spiro atoms. The number of rotatable bonds is 9. The van der Waals surface area contributed by atoms with Crippen LogP contribution >= 0.6 is 0 Å². The number of aryl methyl sites for hydroxylation is 2. The van der Waals surface area contributed by atoms with Crippen molar-refractivity contribution in [1.29, 1.82) is 0 Å². The molecule has 0 bridgehead atoms. The number of hydrogen-bond donors (Lipinski definition) is 0. The molecule has 0 saturated carbocycles. The van der Waals surface area contributed by atoms with Crippen molar-refractivity contribution < 1.29 is 19.0 Å². The molecule has 0 N–H and O–H groups in total. The molecule has 0 radical (unpaired) electrons. The molecule has 4 aromatic rings. The number of anilines is 1. The van der Waals surface area contributed by atoms with E-state index in [2.05, 4.69) is 23.6 Å². The van der Waals surface area contributed by atoms with Crippen LogP contribution in [0.1, 0.15) is 30.1 Å². The quantitative estimate of drug-likeness (QED) is 0.299. The van der Waals surface area contributed by atoms with Crippen molar-refractivity contribution >= 4 is 22.6 Å². The van der Waals surface area contributed by atoms with Crippen LogP contribution in [0.3, 0.4) is 0 Å². The highest BCUT2D eigenvalue weighted by Gasteiger charge is 2.36. The predicted molar refractivity (Wildman–Crippen MR) is 140 cm³/mol. The average Bonchev–Trinajstić information content (AvgIpc) is 3.46. The topological polar surface area (TPSA) is 65.8 Å². The Morgan fingerprint density at radius 3 is 2.64 bits per heavy atom. The van der Waals surface area contributed by atoms with Crippen molar-refractivity contribution in [3.05, 3.63) is 78.1 Å². The van der Waals surface area contributed by atoms with Crippen LogP contribution in [-0.2, 0) is 11.3 Å². The molecule has 1 atom stereocenters. The van der Waals surface area contributed by atoms with E-state index in [-0.39, 0.29) is 11.8 Å². The van der Waals surface area contributed by atoms with E-state index in [4.69, 9.17) is 19.2 Å². The minimum absolute atomic E-state index is 0.0292. The summed E-state index contributed by atoms with van der Waals surface area (Å²) in [5, 5.41) is 0. The molecule has 5 rings (SSSR count). The molecule has 0 unspecified atom stereocenters. The van der Waals surface area contributed by atoms with Gasteiger partial charge in [0.15, 0.2) is 0 Å². The molecular weight excluding hydrogens is 454 g/mol. The Hall–Kier alpha value is -4.00. The molecule has 1 saturated heterocycles. The maximum Gasteiger partial charge on any atom is 0.227 e. The van der Waals surface area contributed by atoms with Crippen molar-refractivity contribution in [1.82, 2.24) is 9.55 Å². The second-order valence-electron chi connectivity index (χ2n) is 9.07. The molecule has 1 amide bonds. The zero-order valence-corrected chi connectivity index (χ0v) is 20.9. The van der Waals surface area contributed by atoms with Gasteiger partial charge in [0, 0.05) is 31.5 Å². The lowest BCUT2D eigenvalue weighted by atomic mass is 10.1. The fraction of sp³-hybridized carbons (Fsp3) is 0.310. The highest BCUT2D eigenvalue weighted by atomic mass is 16.5. The summed E-state index contributed by atoms with van der Waals surface area (Å²) in [6.07, 6.45) is 1.22. The van der Waals surface area contributed by atoms with Gasteiger partial charge in [-0.1, -0.05) is 24.3 Å². The third-order valence-corrected chi connectivity index (χ3v) is 6.64. The Balaban J connectivity index is 1.37. The lowest BCUT2D eigenvalue weighted by molar-refractivity contribution is -0.117. The first-order chi connectivity index (χ1) is 17.6. The van der Waals surface area contributed by atoms with Gasteiger partial charge in [-0.25, -0.2) is 4.98 Å². The molecule has 0 aliphatic carbocycles. The fourth-order valence-corrected chi connectivity index (χ4v) is 4.88. The Kier molecular flexibility index (Phi) is 6.80. The summed E-state index contributed by atoms with van der Waals surface area (Å²) in [7, 11) is 3.23. The standard InChI is InChI=1S/C29H31N3O4/c1-20-8-6-9-23(16-20)36-15-7-14-31-25-11-5-4-10-24(25)30-29(31)21-17-28(33)32(19-21)26-18-22(34-2)12-13-27(26)35-3/h4-6,8-13,16,18,21H,7,14-15,17,19H2,1-3H3/t21-/m1/s1. The molecule has 1 aliphatic heterocycles. The van der Waals surface area contributed by atoms with Crippen LogP contribution in [-0.4, -0.2) is 42.8 Å². The third-order valence-electron chi connectivity index (χ3n) is 6.64. The Labute approximate surface area is 211 Å². The Morgan fingerprint density at radius 2 is 1.83 bits per heavy atom. The van der Waals surface area contributed by atoms with E-state index in [1.165, 1.54) is 5.56 Å². The maximum atomic E-state index is 13.2. The molecule has 7 heteroatoms. The van der Waals surface area contributed by atoms with Gasteiger partial charge in [-0.05, 0) is 55.3 Å². The van der Waals surface area contributed by atoms with E-state index in [1.807, 2.05) is 54.6 Å². The van der Waals surface area contributed by atoms with Crippen molar-refractivity contribution in [2.45, 2.75) is 32.2 Å². The van der Waals surface area contributed by atoms with Crippen molar-refractivity contribution in [2.75, 3.05) is 32.3 Å². The SMILES string of the molecule is COc1ccc(OC)c(N2C[C@H](c3nc4ccccc4n3CCCOc3cccc(C)c3)CC2=O)c1. The van der Waals surface area contributed by atoms with E-state index < -0.39 is 0 Å². The summed E-state index contributed by atoms with van der Waals surface area (Å²) in [6.45, 7) is 3.95. The Bertz CT molecular complexity index is 1380. The van der Waals surface area contributed by atoms with Crippen LogP contribution in [0.5, 0.6) is 17.2 Å². The normalized spacial score (nSPS) is 15.5. The lowest BCUT2D eigenvalue weighted by Gasteiger charge is -2.20. The van der Waals surface area contributed by atoms with Crippen LogP contribution in [0, 0.1) is 6.92 Å². The minimum atomic E-state index is -0.0292. The highest BCUT2D eigenvalue weighted by molar-refractivity contribution is 5.98. The van der Waals surface area contributed by atoms with E-state index in [1.54, 1.807) is 19.1 Å². The number of carbonyl (C=O) groups is 1. The maximum absolute atomic E-state index is 13.2. The molecule has 36 heavy (non-hydrogen) atoms. The lowest BCUT2D eigenvalue weighted by Crippen LogP contribution is -2.25. The fourth-order valence-electron chi connectivity index (χ4n) is 4.88. The van der Waals surface area contributed by atoms with E-state index in [9.17, 15) is 4.79 Å². The summed E-state index contributed by atoms with van der Waals surface area (Å²) in [6, 6.07) is 21.8. The van der Waals surface area contributed by atoms with Crippen LogP contribution in [0.15, 0.2) is 66.7 Å². The van der Waals surface area contributed by atoms with E-state index in [0.29, 0.717) is 31.1 Å². The third kappa shape index (κ3) is 4.73. The molecular formula is C29H31N3O4. The molecule has 1 fully saturated rings. The number of amides is 1. The average molecular weight is 486 g/mol. The number of nitrogens with zero attached hydrogens (tertiary/aromatic N) is 3. The minimum Gasteiger partial charge on any atom is -0.497 e. The molecule has 1 aliphatic rings. The number of fused-ring (bicyclic) bond motifs is 1. The van der Waals surface area contributed by atoms with Crippen LogP contribution < -0.4 is 19.1 Å². The molecule has 1 aromatic heterocycles. The summed E-state index contributed by atoms with van der Waals surface area (Å²) < 4.78 is 19.2. The molecule has 3 aromatic carbocycles. The van der Waals surface area contributed by atoms with E-state index in [0.717, 1.165) is 41.3 Å². The first kappa shape index (κ1) is 23.7. The zero-order valence-electron chi connectivity index (χ0n) is 20.9. The first-order valence-electron chi connectivity index (χ1n) is 12.2. The number of aromatic nitrogens is 2. The molecule has 2 heterocycles. The van der Waals surface area contributed by atoms with E-state index >= 15 is 0 Å². The van der Waals surface area contributed by atoms with Crippen LogP contribution in [0.2, 0.25) is 0 Å². The number of methoxy groups -OCH3 is 2. The second-order valence-corrected chi connectivity index (χ2v) is 9.07. The number of carbonyl (C=O) groups excluding carboxylic acids is 1. The number of hydrogen-bond acceptors (Lipinski definition) is 5. The van der Waals surface area contributed by atoms with Crippen molar-refractivity contribution in [3.8, 4) is 17.2 Å². The summed E-state index contributed by atoms with van der Waals surface area (Å²) in [4.78, 5) is 19.9. The number of benzene rings is 3. The number of para-hydroxylation sites is 2. The van der Waals surface area contributed by atoms with Gasteiger partial charge < -0.3 is 23.7 Å². The molecule has 186 valence electrons. The van der Waals surface area contributed by atoms with Crippen molar-refractivity contribution in [3.63, 3.8) is 0 Å². The predicted octanol–water partition coefficient (Wildman–Crippen LogP) is 5.35. The van der Waals surface area contributed by atoms with Gasteiger partial charge in [0.1, 0.15) is 23.1 Å². The van der Waals surface area contributed by atoms with Gasteiger partial charge in [0.05, 0.1) is 37.5 Å². The van der Waals surface area contributed by atoms with Crippen LogP contribution in [0.4, 0.5) is 5.69 Å². The van der Waals surface area contributed by atoms with Crippen molar-refractivity contribution in [2.24, 2.45) is 0 Å². The summed E-state index contributed by atoms with van der Waals surface area (Å²) in [5.74, 6) is 3.17. The number of imidazole rings is 1. The van der Waals surface area contributed by atoms with Gasteiger partial charge in [0.25, 0.3) is 0 Å². The largest absolute Gasteiger partial charge is 0.497 e. The monoisotopic (exact) mass is 485 g/mol. The van der Waals surface area contributed by atoms with Gasteiger partial charge in [-0.3, -0.25) is 4.79 Å². The van der Waals surface area contributed by atoms with Gasteiger partial charge in [-0.2, -0.15) is 0 Å². The Morgan fingerprint density at radius 1 is 0.972 bits per heavy atom. The van der Waals surface area contributed by atoms with Crippen LogP contribution in [0.25, 0.3) is 11.0 Å². The smallest absolute Gasteiger partial charge is 0.227 e. The van der Waals surface area contributed by atoms with Gasteiger partial charge >= 0.3 is 0 Å². The molecule has 7 nitrogen and oxygen atoms in total. The van der Waals surface area contributed by atoms with Gasteiger partial charge in [0.2, 0.25) is 5.91 Å². The first-order valence-corrected chi connectivity index (χ1v) is 12.2. The summed E-state index contributed by atoms with van der Waals surface area (Å²) in [5.41, 5.74) is 3.92. The second kappa shape index (κ2) is 10.3. The number of ether oxygens (including phenoxy) is 3. The van der Waals surface area contributed by atoms with Gasteiger partial charge in [-0.15, -0.1) is 0 Å².